The molecule has 0 bridgehead atoms. The van der Waals surface area contributed by atoms with Crippen LogP contribution in [0.2, 0.25) is 0 Å². The largest absolute Gasteiger partial charge is 0.411 e. The summed E-state index contributed by atoms with van der Waals surface area (Å²) in [6.45, 7) is -1.78. The predicted molar refractivity (Wildman–Crippen MR) is 60.9 cm³/mol. The Morgan fingerprint density at radius 3 is 2.63 bits per heavy atom. The summed E-state index contributed by atoms with van der Waals surface area (Å²) < 4.78 is 52.5. The fourth-order valence-corrected chi connectivity index (χ4v) is 1.18. The van der Waals surface area contributed by atoms with Gasteiger partial charge in [0.05, 0.1) is 18.7 Å². The SMILES string of the molecule is Nc1ccc(NC(=O)CCOCC(F)(F)F)cc1F. The van der Waals surface area contributed by atoms with Gasteiger partial charge in [-0.15, -0.1) is 0 Å². The summed E-state index contributed by atoms with van der Waals surface area (Å²) in [5.74, 6) is -1.27. The Morgan fingerprint density at radius 1 is 1.37 bits per heavy atom. The molecule has 0 heterocycles. The molecule has 0 atom stereocenters. The third-order valence-electron chi connectivity index (χ3n) is 2.02. The third kappa shape index (κ3) is 6.05. The molecule has 1 rings (SSSR count). The number of hydrogen-bond acceptors (Lipinski definition) is 3. The smallest absolute Gasteiger partial charge is 0.396 e. The highest BCUT2D eigenvalue weighted by atomic mass is 19.4. The highest BCUT2D eigenvalue weighted by Gasteiger charge is 2.27. The van der Waals surface area contributed by atoms with E-state index in [1.165, 1.54) is 12.1 Å². The summed E-state index contributed by atoms with van der Waals surface area (Å²) in [5, 5.41) is 2.31. The Labute approximate surface area is 106 Å². The summed E-state index contributed by atoms with van der Waals surface area (Å²) in [7, 11) is 0. The molecule has 0 fully saturated rings. The van der Waals surface area contributed by atoms with Crippen molar-refractivity contribution in [2.75, 3.05) is 24.3 Å². The van der Waals surface area contributed by atoms with Crippen LogP contribution in [0.5, 0.6) is 0 Å². The van der Waals surface area contributed by atoms with Crippen molar-refractivity contribution in [2.24, 2.45) is 0 Å². The van der Waals surface area contributed by atoms with Crippen LogP contribution in [0, 0.1) is 5.82 Å². The molecule has 4 nitrogen and oxygen atoms in total. The number of anilines is 2. The number of nitrogen functional groups attached to an aromatic ring is 1. The van der Waals surface area contributed by atoms with Crippen LogP contribution >= 0.6 is 0 Å². The number of nitrogens with two attached hydrogens (primary N) is 1. The molecule has 0 aliphatic carbocycles. The molecule has 0 saturated carbocycles. The van der Waals surface area contributed by atoms with Crippen molar-refractivity contribution >= 4 is 17.3 Å². The first kappa shape index (κ1) is 15.2. The maximum Gasteiger partial charge on any atom is 0.411 e. The number of rotatable bonds is 5. The molecule has 1 amide bonds. The van der Waals surface area contributed by atoms with Crippen LogP contribution in [-0.4, -0.2) is 25.3 Å². The zero-order valence-corrected chi connectivity index (χ0v) is 9.76. The van der Waals surface area contributed by atoms with Crippen LogP contribution in [-0.2, 0) is 9.53 Å². The highest BCUT2D eigenvalue weighted by molar-refractivity contribution is 5.90. The van der Waals surface area contributed by atoms with Crippen molar-refractivity contribution in [3.05, 3.63) is 24.0 Å². The van der Waals surface area contributed by atoms with E-state index >= 15 is 0 Å². The van der Waals surface area contributed by atoms with Crippen LogP contribution in [0.15, 0.2) is 18.2 Å². The Bertz CT molecular complexity index is 449. The molecule has 106 valence electrons. The van der Waals surface area contributed by atoms with Crippen molar-refractivity contribution in [1.82, 2.24) is 0 Å². The zero-order chi connectivity index (χ0) is 14.5. The average Bonchev–Trinajstić information content (AvgIpc) is 2.28. The van der Waals surface area contributed by atoms with E-state index in [1.54, 1.807) is 0 Å². The minimum Gasteiger partial charge on any atom is -0.396 e. The lowest BCUT2D eigenvalue weighted by Gasteiger charge is -2.08. The fourth-order valence-electron chi connectivity index (χ4n) is 1.18. The number of ether oxygens (including phenoxy) is 1. The average molecular weight is 280 g/mol. The monoisotopic (exact) mass is 280 g/mol. The van der Waals surface area contributed by atoms with E-state index in [0.717, 1.165) is 6.07 Å². The summed E-state index contributed by atoms with van der Waals surface area (Å²) in [6.07, 6.45) is -4.68. The Kier molecular flexibility index (Phi) is 5.11. The molecular formula is C11H12F4N2O2. The topological polar surface area (TPSA) is 64.3 Å². The van der Waals surface area contributed by atoms with Crippen molar-refractivity contribution < 1.29 is 27.1 Å². The van der Waals surface area contributed by atoms with Crippen molar-refractivity contribution in [3.63, 3.8) is 0 Å². The maximum absolute atomic E-state index is 13.0. The van der Waals surface area contributed by atoms with E-state index in [4.69, 9.17) is 5.73 Å². The van der Waals surface area contributed by atoms with Gasteiger partial charge in [-0.25, -0.2) is 4.39 Å². The van der Waals surface area contributed by atoms with E-state index in [0.29, 0.717) is 0 Å². The second-order valence-electron chi connectivity index (χ2n) is 3.70. The lowest BCUT2D eigenvalue weighted by Crippen LogP contribution is -2.20. The number of carbonyl (C=O) groups is 1. The summed E-state index contributed by atoms with van der Waals surface area (Å²) in [4.78, 5) is 11.3. The second kappa shape index (κ2) is 6.37. The van der Waals surface area contributed by atoms with Gasteiger partial charge in [-0.1, -0.05) is 0 Å². The number of carbonyl (C=O) groups excluding carboxylic acids is 1. The molecule has 19 heavy (non-hydrogen) atoms. The molecular weight excluding hydrogens is 268 g/mol. The highest BCUT2D eigenvalue weighted by Crippen LogP contribution is 2.16. The Balaban J connectivity index is 2.33. The van der Waals surface area contributed by atoms with E-state index < -0.39 is 24.5 Å². The molecule has 0 unspecified atom stereocenters. The van der Waals surface area contributed by atoms with Gasteiger partial charge >= 0.3 is 6.18 Å². The molecule has 1 aromatic rings. The number of nitrogens with one attached hydrogen (secondary N) is 1. The van der Waals surface area contributed by atoms with Gasteiger partial charge in [0.25, 0.3) is 0 Å². The third-order valence-corrected chi connectivity index (χ3v) is 2.02. The minimum absolute atomic E-state index is 0.0634. The van der Waals surface area contributed by atoms with E-state index in [-0.39, 0.29) is 24.4 Å². The van der Waals surface area contributed by atoms with Crippen LogP contribution < -0.4 is 11.1 Å². The predicted octanol–water partition coefficient (Wildman–Crippen LogP) is 2.32. The molecule has 0 saturated heterocycles. The standard InChI is InChI=1S/C11H12F4N2O2/c12-8-5-7(1-2-9(8)16)17-10(18)3-4-19-6-11(13,14)15/h1-2,5H,3-4,6,16H2,(H,17,18). The van der Waals surface area contributed by atoms with Crippen LogP contribution in [0.1, 0.15) is 6.42 Å². The maximum atomic E-state index is 13.0. The van der Waals surface area contributed by atoms with Gasteiger partial charge in [-0.2, -0.15) is 13.2 Å². The number of hydrogen-bond donors (Lipinski definition) is 2. The number of amides is 1. The second-order valence-corrected chi connectivity index (χ2v) is 3.70. The van der Waals surface area contributed by atoms with Gasteiger partial charge in [0, 0.05) is 5.69 Å². The first-order valence-electron chi connectivity index (χ1n) is 5.27. The van der Waals surface area contributed by atoms with Gasteiger partial charge in [0.2, 0.25) is 5.91 Å². The molecule has 0 radical (unpaired) electrons. The lowest BCUT2D eigenvalue weighted by atomic mass is 10.2. The number of alkyl halides is 3. The molecule has 1 aromatic carbocycles. The van der Waals surface area contributed by atoms with Gasteiger partial charge in [-0.3, -0.25) is 4.79 Å². The van der Waals surface area contributed by atoms with E-state index in [9.17, 15) is 22.4 Å². The normalized spacial score (nSPS) is 11.4. The fraction of sp³-hybridized carbons (Fsp3) is 0.364. The van der Waals surface area contributed by atoms with Gasteiger partial charge in [0.15, 0.2) is 0 Å². The molecule has 0 spiro atoms. The molecule has 0 aliphatic heterocycles. The van der Waals surface area contributed by atoms with Crippen LogP contribution in [0.25, 0.3) is 0 Å². The summed E-state index contributed by atoms with van der Waals surface area (Å²) >= 11 is 0. The zero-order valence-electron chi connectivity index (χ0n) is 9.76. The van der Waals surface area contributed by atoms with E-state index in [2.05, 4.69) is 10.1 Å². The first-order valence-corrected chi connectivity index (χ1v) is 5.27. The van der Waals surface area contributed by atoms with Crippen LogP contribution in [0.4, 0.5) is 28.9 Å². The van der Waals surface area contributed by atoms with Crippen molar-refractivity contribution in [1.29, 1.82) is 0 Å². The minimum atomic E-state index is -4.42. The van der Waals surface area contributed by atoms with Crippen LogP contribution in [0.3, 0.4) is 0 Å². The van der Waals surface area contributed by atoms with E-state index in [1.807, 2.05) is 0 Å². The summed E-state index contributed by atoms with van der Waals surface area (Å²) in [5.41, 5.74) is 5.35. The summed E-state index contributed by atoms with van der Waals surface area (Å²) in [6, 6.07) is 3.67. The van der Waals surface area contributed by atoms with Gasteiger partial charge < -0.3 is 15.8 Å². The molecule has 0 aliphatic rings. The lowest BCUT2D eigenvalue weighted by molar-refractivity contribution is -0.174. The Hall–Kier alpha value is -1.83. The molecule has 8 heteroatoms. The van der Waals surface area contributed by atoms with Gasteiger partial charge in [-0.05, 0) is 18.2 Å². The first-order chi connectivity index (χ1) is 8.78. The van der Waals surface area contributed by atoms with Crippen molar-refractivity contribution in [3.8, 4) is 0 Å². The molecule has 0 aromatic heterocycles. The quantitative estimate of drug-likeness (QED) is 0.494. The number of benzene rings is 1. The number of halogens is 4. The Morgan fingerprint density at radius 2 is 2.05 bits per heavy atom. The van der Waals surface area contributed by atoms with Crippen molar-refractivity contribution in [2.45, 2.75) is 12.6 Å². The molecule has 3 N–H and O–H groups in total. The van der Waals surface area contributed by atoms with Gasteiger partial charge in [0.1, 0.15) is 12.4 Å².